The lowest BCUT2D eigenvalue weighted by atomic mass is 10.2. The second-order valence-corrected chi connectivity index (χ2v) is 5.90. The quantitative estimate of drug-likeness (QED) is 0.403. The molecular weight excluding hydrogens is 405 g/mol. The highest BCUT2D eigenvalue weighted by atomic mass is 35.5. The van der Waals surface area contributed by atoms with Crippen LogP contribution in [0.5, 0.6) is 5.88 Å². The Hall–Kier alpha value is -3.08. The number of rotatable bonds is 7. The molecule has 0 saturated carbocycles. The van der Waals surface area contributed by atoms with Gasteiger partial charge in [-0.2, -0.15) is 18.2 Å². The molecule has 0 aliphatic heterocycles. The third kappa shape index (κ3) is 5.71. The molecule has 28 heavy (non-hydrogen) atoms. The smallest absolute Gasteiger partial charge is 0.416 e. The van der Waals surface area contributed by atoms with Gasteiger partial charge in [-0.05, 0) is 18.6 Å². The SMILES string of the molecule is Nc1cc(C(F)(F)F)cc(OCCCNC(=O)c2cc([N+](=O)[O-])ccc2Cl)n1. The molecule has 12 heteroatoms. The number of hydrogen-bond acceptors (Lipinski definition) is 6. The van der Waals surface area contributed by atoms with Crippen LogP contribution in [0.4, 0.5) is 24.7 Å². The number of ether oxygens (including phenoxy) is 1. The maximum Gasteiger partial charge on any atom is 0.416 e. The van der Waals surface area contributed by atoms with E-state index in [1.54, 1.807) is 0 Å². The maximum absolute atomic E-state index is 12.7. The number of alkyl halides is 3. The molecule has 0 atom stereocenters. The molecule has 150 valence electrons. The van der Waals surface area contributed by atoms with Crippen LogP contribution >= 0.6 is 11.6 Å². The highest BCUT2D eigenvalue weighted by molar-refractivity contribution is 6.33. The van der Waals surface area contributed by atoms with E-state index in [9.17, 15) is 28.1 Å². The van der Waals surface area contributed by atoms with Gasteiger partial charge in [0.1, 0.15) is 5.82 Å². The van der Waals surface area contributed by atoms with Gasteiger partial charge in [0, 0.05) is 24.7 Å². The fraction of sp³-hybridized carbons (Fsp3) is 0.250. The summed E-state index contributed by atoms with van der Waals surface area (Å²) in [6.07, 6.45) is -4.35. The zero-order valence-electron chi connectivity index (χ0n) is 14.1. The molecule has 2 rings (SSSR count). The van der Waals surface area contributed by atoms with Crippen LogP contribution in [-0.2, 0) is 6.18 Å². The summed E-state index contributed by atoms with van der Waals surface area (Å²) in [5, 5.41) is 13.3. The molecule has 0 saturated heterocycles. The van der Waals surface area contributed by atoms with E-state index in [2.05, 4.69) is 10.3 Å². The molecule has 0 fully saturated rings. The third-order valence-electron chi connectivity index (χ3n) is 3.41. The number of nitrogens with one attached hydrogen (secondary N) is 1. The van der Waals surface area contributed by atoms with Crippen molar-refractivity contribution in [3.05, 3.63) is 56.6 Å². The second-order valence-electron chi connectivity index (χ2n) is 5.50. The van der Waals surface area contributed by atoms with Gasteiger partial charge in [0.05, 0.1) is 27.7 Å². The van der Waals surface area contributed by atoms with Gasteiger partial charge >= 0.3 is 6.18 Å². The number of non-ortho nitro benzene ring substituents is 1. The number of hydrogen-bond donors (Lipinski definition) is 2. The van der Waals surface area contributed by atoms with Gasteiger partial charge in [-0.1, -0.05) is 11.6 Å². The van der Waals surface area contributed by atoms with Crippen molar-refractivity contribution in [1.82, 2.24) is 10.3 Å². The number of nitrogens with two attached hydrogens (primary N) is 1. The molecule has 1 aromatic carbocycles. The molecule has 3 N–H and O–H groups in total. The average molecular weight is 419 g/mol. The van der Waals surface area contributed by atoms with E-state index in [0.29, 0.717) is 6.07 Å². The molecule has 2 aromatic rings. The Labute approximate surface area is 161 Å². The number of nitro groups is 1. The lowest BCUT2D eigenvalue weighted by molar-refractivity contribution is -0.384. The Morgan fingerprint density at radius 3 is 2.68 bits per heavy atom. The van der Waals surface area contributed by atoms with E-state index in [-0.39, 0.29) is 47.5 Å². The van der Waals surface area contributed by atoms with Crippen molar-refractivity contribution in [2.24, 2.45) is 0 Å². The van der Waals surface area contributed by atoms with E-state index >= 15 is 0 Å². The summed E-state index contributed by atoms with van der Waals surface area (Å²) in [6.45, 7) is 0.0446. The number of benzene rings is 1. The number of carbonyl (C=O) groups is 1. The van der Waals surface area contributed by atoms with Crippen molar-refractivity contribution in [3.8, 4) is 5.88 Å². The minimum atomic E-state index is -4.58. The van der Waals surface area contributed by atoms with Crippen LogP contribution in [-0.4, -0.2) is 29.0 Å². The highest BCUT2D eigenvalue weighted by Crippen LogP contribution is 2.32. The summed E-state index contributed by atoms with van der Waals surface area (Å²) in [5.74, 6) is -1.26. The number of anilines is 1. The van der Waals surface area contributed by atoms with Crippen LogP contribution < -0.4 is 15.8 Å². The first-order valence-electron chi connectivity index (χ1n) is 7.77. The second kappa shape index (κ2) is 8.74. The minimum Gasteiger partial charge on any atom is -0.478 e. The van der Waals surface area contributed by atoms with Crippen LogP contribution in [0.1, 0.15) is 22.3 Å². The van der Waals surface area contributed by atoms with Crippen molar-refractivity contribution in [3.63, 3.8) is 0 Å². The van der Waals surface area contributed by atoms with Crippen LogP contribution in [0.15, 0.2) is 30.3 Å². The number of amides is 1. The van der Waals surface area contributed by atoms with Crippen molar-refractivity contribution in [2.45, 2.75) is 12.6 Å². The fourth-order valence-corrected chi connectivity index (χ4v) is 2.31. The normalized spacial score (nSPS) is 11.1. The van der Waals surface area contributed by atoms with Crippen molar-refractivity contribution < 1.29 is 27.6 Å². The van der Waals surface area contributed by atoms with Gasteiger partial charge < -0.3 is 15.8 Å². The Balaban J connectivity index is 1.87. The van der Waals surface area contributed by atoms with E-state index < -0.39 is 22.6 Å². The zero-order valence-corrected chi connectivity index (χ0v) is 14.9. The summed E-state index contributed by atoms with van der Waals surface area (Å²) in [7, 11) is 0. The number of aromatic nitrogens is 1. The molecule has 0 aliphatic carbocycles. The molecule has 0 spiro atoms. The van der Waals surface area contributed by atoms with E-state index in [4.69, 9.17) is 22.1 Å². The Morgan fingerprint density at radius 1 is 1.32 bits per heavy atom. The van der Waals surface area contributed by atoms with Crippen LogP contribution in [0.3, 0.4) is 0 Å². The van der Waals surface area contributed by atoms with Gasteiger partial charge in [0.2, 0.25) is 5.88 Å². The van der Waals surface area contributed by atoms with E-state index in [0.717, 1.165) is 12.1 Å². The third-order valence-corrected chi connectivity index (χ3v) is 3.74. The molecule has 0 bridgehead atoms. The largest absolute Gasteiger partial charge is 0.478 e. The highest BCUT2D eigenvalue weighted by Gasteiger charge is 2.31. The lowest BCUT2D eigenvalue weighted by Crippen LogP contribution is -2.26. The first-order valence-corrected chi connectivity index (χ1v) is 8.15. The zero-order chi connectivity index (χ0) is 20.9. The summed E-state index contributed by atoms with van der Waals surface area (Å²) in [4.78, 5) is 25.8. The monoisotopic (exact) mass is 418 g/mol. The predicted octanol–water partition coefficient (Wildman–Crippen LogP) is 3.44. The van der Waals surface area contributed by atoms with E-state index in [1.165, 1.54) is 12.1 Å². The van der Waals surface area contributed by atoms with Crippen LogP contribution in [0.25, 0.3) is 0 Å². The molecule has 1 amide bonds. The Kier molecular flexibility index (Phi) is 6.62. The summed E-state index contributed by atoms with van der Waals surface area (Å²) < 4.78 is 43.3. The summed E-state index contributed by atoms with van der Waals surface area (Å²) >= 11 is 5.86. The van der Waals surface area contributed by atoms with Crippen molar-refractivity contribution >= 4 is 29.0 Å². The number of nitrogens with zero attached hydrogens (tertiary/aromatic N) is 2. The first-order chi connectivity index (χ1) is 13.1. The molecule has 8 nitrogen and oxygen atoms in total. The summed E-state index contributed by atoms with van der Waals surface area (Å²) in [5.41, 5.74) is 4.00. The molecule has 1 aromatic heterocycles. The van der Waals surface area contributed by atoms with Gasteiger partial charge in [0.25, 0.3) is 11.6 Å². The van der Waals surface area contributed by atoms with Gasteiger partial charge in [-0.15, -0.1) is 0 Å². The maximum atomic E-state index is 12.7. The average Bonchev–Trinajstić information content (AvgIpc) is 2.60. The number of pyridine rings is 1. The molecule has 0 aliphatic rings. The van der Waals surface area contributed by atoms with E-state index in [1.807, 2.05) is 0 Å². The number of nitrogen functional groups attached to an aromatic ring is 1. The minimum absolute atomic E-state index is 0.0444. The van der Waals surface area contributed by atoms with Gasteiger partial charge in [0.15, 0.2) is 0 Å². The Morgan fingerprint density at radius 2 is 2.04 bits per heavy atom. The molecule has 0 unspecified atom stereocenters. The molecule has 1 heterocycles. The van der Waals surface area contributed by atoms with Crippen LogP contribution in [0, 0.1) is 10.1 Å². The Bertz CT molecular complexity index is 893. The number of carbonyl (C=O) groups excluding carboxylic acids is 1. The van der Waals surface area contributed by atoms with Gasteiger partial charge in [-0.25, -0.2) is 0 Å². The number of nitro benzene ring substituents is 1. The first kappa shape index (κ1) is 21.2. The van der Waals surface area contributed by atoms with Gasteiger partial charge in [-0.3, -0.25) is 14.9 Å². The van der Waals surface area contributed by atoms with Crippen molar-refractivity contribution in [2.75, 3.05) is 18.9 Å². The topological polar surface area (TPSA) is 120 Å². The standard InChI is InChI=1S/C16H14ClF3N4O4/c17-12-3-2-10(24(26)27)8-11(12)15(25)22-4-1-5-28-14-7-9(16(18,19)20)6-13(21)23-14/h2-3,6-8H,1,4-5H2,(H2,21,23)(H,22,25). The molecular formula is C16H14ClF3N4O4. The number of halogens is 4. The predicted molar refractivity (Wildman–Crippen MR) is 94.2 cm³/mol. The lowest BCUT2D eigenvalue weighted by Gasteiger charge is -2.11. The molecule has 0 radical (unpaired) electrons. The fourth-order valence-electron chi connectivity index (χ4n) is 2.11. The van der Waals surface area contributed by atoms with Crippen molar-refractivity contribution in [1.29, 1.82) is 0 Å². The van der Waals surface area contributed by atoms with Crippen LogP contribution in [0.2, 0.25) is 5.02 Å². The summed E-state index contributed by atoms with van der Waals surface area (Å²) in [6, 6.07) is 4.86.